The van der Waals surface area contributed by atoms with Gasteiger partial charge in [0.05, 0.1) is 5.75 Å². The first-order chi connectivity index (χ1) is 13.9. The van der Waals surface area contributed by atoms with Crippen LogP contribution < -0.4 is 10.1 Å². The molecule has 9 heteroatoms. The molecule has 3 rings (SSSR count). The third kappa shape index (κ3) is 5.71. The van der Waals surface area contributed by atoms with Crippen LogP contribution in [0, 0.1) is 5.82 Å². The molecule has 3 aromatic rings. The van der Waals surface area contributed by atoms with E-state index in [0.29, 0.717) is 22.5 Å². The molecular formula is C20H20ClFN4O2S. The molecule has 0 spiro atoms. The standard InChI is InChI=1S/C20H20ClFN4O2S/c1-13(28-17-6-4-3-5-16(17)22)19-24-25-20(26(19)2)29-12-18(27)23-11-14-7-9-15(21)10-8-14/h3-10,13H,11-12H2,1-2H3,(H,23,27). The number of carbonyl (C=O) groups excluding carboxylic acids is 1. The largest absolute Gasteiger partial charge is 0.480 e. The van der Waals surface area contributed by atoms with Crippen molar-refractivity contribution in [1.29, 1.82) is 0 Å². The van der Waals surface area contributed by atoms with E-state index in [-0.39, 0.29) is 17.4 Å². The molecular weight excluding hydrogens is 415 g/mol. The highest BCUT2D eigenvalue weighted by molar-refractivity contribution is 7.99. The minimum Gasteiger partial charge on any atom is -0.480 e. The zero-order valence-corrected chi connectivity index (χ0v) is 17.5. The van der Waals surface area contributed by atoms with Crippen LogP contribution in [0.25, 0.3) is 0 Å². The molecule has 0 bridgehead atoms. The number of hydrogen-bond donors (Lipinski definition) is 1. The minimum atomic E-state index is -0.502. The van der Waals surface area contributed by atoms with Gasteiger partial charge in [-0.15, -0.1) is 10.2 Å². The van der Waals surface area contributed by atoms with Crippen molar-refractivity contribution < 1.29 is 13.9 Å². The number of carbonyl (C=O) groups is 1. The van der Waals surface area contributed by atoms with Gasteiger partial charge in [0.1, 0.15) is 0 Å². The topological polar surface area (TPSA) is 69.0 Å². The molecule has 0 fully saturated rings. The van der Waals surface area contributed by atoms with E-state index < -0.39 is 11.9 Å². The Hall–Kier alpha value is -2.58. The van der Waals surface area contributed by atoms with Crippen molar-refractivity contribution in [2.75, 3.05) is 5.75 Å². The maximum absolute atomic E-state index is 13.8. The summed E-state index contributed by atoms with van der Waals surface area (Å²) < 4.78 is 21.2. The van der Waals surface area contributed by atoms with Crippen LogP contribution in [0.3, 0.4) is 0 Å². The predicted octanol–water partition coefficient (Wildman–Crippen LogP) is 4.16. The van der Waals surface area contributed by atoms with E-state index in [1.54, 1.807) is 48.9 Å². The summed E-state index contributed by atoms with van der Waals surface area (Å²) in [6, 6.07) is 13.5. The average molecular weight is 435 g/mol. The van der Waals surface area contributed by atoms with Gasteiger partial charge >= 0.3 is 0 Å². The second-order valence-electron chi connectivity index (χ2n) is 6.28. The second-order valence-corrected chi connectivity index (χ2v) is 7.66. The van der Waals surface area contributed by atoms with Crippen LogP contribution in [-0.4, -0.2) is 26.4 Å². The van der Waals surface area contributed by atoms with E-state index in [4.69, 9.17) is 16.3 Å². The van der Waals surface area contributed by atoms with Crippen LogP contribution in [0.2, 0.25) is 5.02 Å². The van der Waals surface area contributed by atoms with Crippen LogP contribution >= 0.6 is 23.4 Å². The lowest BCUT2D eigenvalue weighted by atomic mass is 10.2. The van der Waals surface area contributed by atoms with Crippen LogP contribution in [0.5, 0.6) is 5.75 Å². The highest BCUT2D eigenvalue weighted by Gasteiger charge is 2.19. The van der Waals surface area contributed by atoms with E-state index in [2.05, 4.69) is 15.5 Å². The summed E-state index contributed by atoms with van der Waals surface area (Å²) in [5, 5.41) is 12.3. The maximum Gasteiger partial charge on any atom is 0.230 e. The van der Waals surface area contributed by atoms with E-state index >= 15 is 0 Å². The van der Waals surface area contributed by atoms with E-state index in [0.717, 1.165) is 5.56 Å². The van der Waals surface area contributed by atoms with E-state index in [1.165, 1.54) is 17.8 Å². The van der Waals surface area contributed by atoms with Crippen molar-refractivity contribution in [2.24, 2.45) is 7.05 Å². The van der Waals surface area contributed by atoms with Gasteiger partial charge in [0.15, 0.2) is 28.7 Å². The molecule has 1 amide bonds. The molecule has 152 valence electrons. The number of nitrogens with one attached hydrogen (secondary N) is 1. The molecule has 0 aliphatic heterocycles. The molecule has 2 aromatic carbocycles. The van der Waals surface area contributed by atoms with Crippen molar-refractivity contribution in [2.45, 2.75) is 24.7 Å². The second kappa shape index (κ2) is 9.76. The fraction of sp³-hybridized carbons (Fsp3) is 0.250. The van der Waals surface area contributed by atoms with Crippen molar-refractivity contribution in [1.82, 2.24) is 20.1 Å². The number of thioether (sulfide) groups is 1. The zero-order chi connectivity index (χ0) is 20.8. The number of rotatable bonds is 8. The lowest BCUT2D eigenvalue weighted by Gasteiger charge is -2.14. The third-order valence-corrected chi connectivity index (χ3v) is 5.38. The van der Waals surface area contributed by atoms with Crippen LogP contribution in [0.4, 0.5) is 4.39 Å². The van der Waals surface area contributed by atoms with Gasteiger partial charge in [-0.2, -0.15) is 0 Å². The smallest absolute Gasteiger partial charge is 0.230 e. The van der Waals surface area contributed by atoms with Crippen LogP contribution in [0.15, 0.2) is 53.7 Å². The molecule has 1 aromatic heterocycles. The Morgan fingerprint density at radius 2 is 1.97 bits per heavy atom. The lowest BCUT2D eigenvalue weighted by Crippen LogP contribution is -2.24. The summed E-state index contributed by atoms with van der Waals surface area (Å²) in [5.41, 5.74) is 0.966. The highest BCUT2D eigenvalue weighted by Crippen LogP contribution is 2.25. The number of hydrogen-bond acceptors (Lipinski definition) is 5. The predicted molar refractivity (Wildman–Crippen MR) is 110 cm³/mol. The third-order valence-electron chi connectivity index (χ3n) is 4.11. The van der Waals surface area contributed by atoms with Gasteiger partial charge in [0, 0.05) is 18.6 Å². The Labute approximate surface area is 177 Å². The molecule has 0 radical (unpaired) electrons. The molecule has 0 aliphatic carbocycles. The molecule has 29 heavy (non-hydrogen) atoms. The number of halogens is 2. The molecule has 0 saturated carbocycles. The Bertz CT molecular complexity index is 981. The summed E-state index contributed by atoms with van der Waals surface area (Å²) in [5.74, 6) is 0.331. The fourth-order valence-electron chi connectivity index (χ4n) is 2.57. The zero-order valence-electron chi connectivity index (χ0n) is 15.9. The number of amides is 1. The van der Waals surface area contributed by atoms with E-state index in [9.17, 15) is 9.18 Å². The Balaban J connectivity index is 1.53. The van der Waals surface area contributed by atoms with E-state index in [1.807, 2.05) is 12.1 Å². The first-order valence-corrected chi connectivity index (χ1v) is 10.2. The van der Waals surface area contributed by atoms with Crippen molar-refractivity contribution in [3.8, 4) is 5.75 Å². The van der Waals surface area contributed by atoms with Crippen molar-refractivity contribution >= 4 is 29.3 Å². The molecule has 0 saturated heterocycles. The molecule has 1 N–H and O–H groups in total. The quantitative estimate of drug-likeness (QED) is 0.539. The normalized spacial score (nSPS) is 11.9. The molecule has 1 heterocycles. The number of ether oxygens (including phenoxy) is 1. The van der Waals surface area contributed by atoms with Gasteiger partial charge in [0.2, 0.25) is 5.91 Å². The Morgan fingerprint density at radius 1 is 1.24 bits per heavy atom. The Kier molecular flexibility index (Phi) is 7.11. The van der Waals surface area contributed by atoms with Gasteiger partial charge in [-0.25, -0.2) is 4.39 Å². The maximum atomic E-state index is 13.8. The number of nitrogens with zero attached hydrogens (tertiary/aromatic N) is 3. The summed E-state index contributed by atoms with van der Waals surface area (Å²) in [6.45, 7) is 2.19. The molecule has 0 aliphatic rings. The van der Waals surface area contributed by atoms with Crippen LogP contribution in [0.1, 0.15) is 24.4 Å². The van der Waals surface area contributed by atoms with Gasteiger partial charge in [-0.1, -0.05) is 47.6 Å². The van der Waals surface area contributed by atoms with Gasteiger partial charge in [0.25, 0.3) is 0 Å². The van der Waals surface area contributed by atoms with Crippen LogP contribution in [-0.2, 0) is 18.4 Å². The molecule has 1 unspecified atom stereocenters. The average Bonchev–Trinajstić information content (AvgIpc) is 3.08. The van der Waals surface area contributed by atoms with Gasteiger partial charge in [-0.3, -0.25) is 4.79 Å². The highest BCUT2D eigenvalue weighted by atomic mass is 35.5. The summed E-state index contributed by atoms with van der Waals surface area (Å²) >= 11 is 7.12. The summed E-state index contributed by atoms with van der Waals surface area (Å²) in [6.07, 6.45) is -0.502. The monoisotopic (exact) mass is 434 g/mol. The van der Waals surface area contributed by atoms with Gasteiger partial charge in [-0.05, 0) is 36.8 Å². The van der Waals surface area contributed by atoms with Crippen molar-refractivity contribution in [3.05, 3.63) is 70.8 Å². The molecule has 1 atom stereocenters. The van der Waals surface area contributed by atoms with Gasteiger partial charge < -0.3 is 14.6 Å². The first kappa shape index (κ1) is 21.1. The fourth-order valence-corrected chi connectivity index (χ4v) is 3.45. The first-order valence-electron chi connectivity index (χ1n) is 8.88. The molecule has 6 nitrogen and oxygen atoms in total. The minimum absolute atomic E-state index is 0.120. The lowest BCUT2D eigenvalue weighted by molar-refractivity contribution is -0.118. The number of aromatic nitrogens is 3. The number of benzene rings is 2. The SMILES string of the molecule is CC(Oc1ccccc1F)c1nnc(SCC(=O)NCc2ccc(Cl)cc2)n1C. The summed E-state index contributed by atoms with van der Waals surface area (Å²) in [4.78, 5) is 12.1. The number of para-hydroxylation sites is 1. The Morgan fingerprint density at radius 3 is 2.69 bits per heavy atom. The summed E-state index contributed by atoms with van der Waals surface area (Å²) in [7, 11) is 1.78. The van der Waals surface area contributed by atoms with Crippen molar-refractivity contribution in [3.63, 3.8) is 0 Å².